The number of amides is 1. The molecule has 0 radical (unpaired) electrons. The van der Waals surface area contributed by atoms with E-state index in [-0.39, 0.29) is 12.5 Å². The maximum absolute atomic E-state index is 12.2. The number of terminal acetylenes is 1. The van der Waals surface area contributed by atoms with Crippen molar-refractivity contribution >= 4 is 17.6 Å². The van der Waals surface area contributed by atoms with Crippen molar-refractivity contribution in [3.63, 3.8) is 0 Å². The molecule has 0 saturated heterocycles. The van der Waals surface area contributed by atoms with Crippen molar-refractivity contribution in [2.24, 2.45) is 4.99 Å². The highest BCUT2D eigenvalue weighted by molar-refractivity contribution is 5.94. The number of ether oxygens (including phenoxy) is 1. The molecule has 0 bridgehead atoms. The molecule has 3 N–H and O–H groups in total. The first-order valence-electron chi connectivity index (χ1n) is 9.17. The summed E-state index contributed by atoms with van der Waals surface area (Å²) in [5.74, 6) is 3.78. The Bertz CT molecular complexity index is 856. The number of anilines is 1. The van der Waals surface area contributed by atoms with Crippen LogP contribution in [0, 0.1) is 12.3 Å². The summed E-state index contributed by atoms with van der Waals surface area (Å²) in [6.07, 6.45) is 6.16. The number of carbonyl (C=O) groups excluding carboxylic acids is 1. The van der Waals surface area contributed by atoms with E-state index in [0.29, 0.717) is 30.3 Å². The Labute approximate surface area is 166 Å². The minimum Gasteiger partial charge on any atom is -0.496 e. The van der Waals surface area contributed by atoms with Gasteiger partial charge in [0, 0.05) is 24.3 Å². The van der Waals surface area contributed by atoms with Crippen LogP contribution in [0.4, 0.5) is 5.69 Å². The third kappa shape index (κ3) is 6.69. The highest BCUT2D eigenvalue weighted by atomic mass is 16.5. The smallest absolute Gasteiger partial charge is 0.246 e. The Kier molecular flexibility index (Phi) is 8.41. The summed E-state index contributed by atoms with van der Waals surface area (Å²) in [5, 5.41) is 9.17. The molecular formula is C22H26N4O2. The Morgan fingerprint density at radius 3 is 2.75 bits per heavy atom. The molecule has 2 aromatic rings. The van der Waals surface area contributed by atoms with Gasteiger partial charge in [0.15, 0.2) is 5.96 Å². The Hall–Kier alpha value is -3.46. The summed E-state index contributed by atoms with van der Waals surface area (Å²) >= 11 is 0. The molecule has 2 rings (SSSR count). The number of hydrogen-bond acceptors (Lipinski definition) is 3. The van der Waals surface area contributed by atoms with Gasteiger partial charge >= 0.3 is 0 Å². The number of aliphatic imine (C=N–C) groups is 1. The lowest BCUT2D eigenvalue weighted by atomic mass is 10.1. The Morgan fingerprint density at radius 1 is 1.18 bits per heavy atom. The van der Waals surface area contributed by atoms with E-state index in [2.05, 4.69) is 26.9 Å². The van der Waals surface area contributed by atoms with Crippen LogP contribution in [0.5, 0.6) is 5.75 Å². The third-order valence-corrected chi connectivity index (χ3v) is 3.92. The van der Waals surface area contributed by atoms with E-state index in [0.717, 1.165) is 17.7 Å². The molecule has 0 fully saturated rings. The van der Waals surface area contributed by atoms with Gasteiger partial charge in [-0.05, 0) is 43.2 Å². The van der Waals surface area contributed by atoms with Crippen molar-refractivity contribution in [3.05, 3.63) is 59.7 Å². The number of nitrogens with one attached hydrogen (secondary N) is 3. The molecule has 0 heterocycles. The van der Waals surface area contributed by atoms with Gasteiger partial charge in [0.2, 0.25) is 5.91 Å². The molecule has 6 nitrogen and oxygen atoms in total. The number of nitrogens with zero attached hydrogens (tertiary/aromatic N) is 1. The largest absolute Gasteiger partial charge is 0.496 e. The summed E-state index contributed by atoms with van der Waals surface area (Å²) < 4.78 is 5.36. The van der Waals surface area contributed by atoms with Crippen LogP contribution in [0.15, 0.2) is 53.5 Å². The molecular weight excluding hydrogens is 352 g/mol. The average Bonchev–Trinajstić information content (AvgIpc) is 2.72. The van der Waals surface area contributed by atoms with Gasteiger partial charge in [-0.2, -0.15) is 0 Å². The SMILES string of the molecule is C#Cc1cccc(NC(=O)CN=C(NCC)NCCc2ccccc2OC)c1. The van der Waals surface area contributed by atoms with Crippen molar-refractivity contribution in [1.29, 1.82) is 0 Å². The number of benzene rings is 2. The quantitative estimate of drug-likeness (QED) is 0.375. The van der Waals surface area contributed by atoms with E-state index in [1.165, 1.54) is 0 Å². The van der Waals surface area contributed by atoms with Crippen LogP contribution in [0.2, 0.25) is 0 Å². The number of hydrogen-bond donors (Lipinski definition) is 3. The first-order valence-corrected chi connectivity index (χ1v) is 9.17. The maximum atomic E-state index is 12.2. The van der Waals surface area contributed by atoms with Crippen molar-refractivity contribution in [2.45, 2.75) is 13.3 Å². The van der Waals surface area contributed by atoms with Gasteiger partial charge in [-0.1, -0.05) is 30.2 Å². The first-order chi connectivity index (χ1) is 13.7. The minimum atomic E-state index is -0.212. The topological polar surface area (TPSA) is 74.8 Å². The molecule has 0 aliphatic rings. The van der Waals surface area contributed by atoms with Crippen LogP contribution in [0.1, 0.15) is 18.1 Å². The average molecular weight is 378 g/mol. The fraction of sp³-hybridized carbons (Fsp3) is 0.273. The van der Waals surface area contributed by atoms with Crippen molar-refractivity contribution in [3.8, 4) is 18.1 Å². The Balaban J connectivity index is 1.88. The monoisotopic (exact) mass is 378 g/mol. The van der Waals surface area contributed by atoms with E-state index in [9.17, 15) is 4.79 Å². The fourth-order valence-corrected chi connectivity index (χ4v) is 2.60. The molecule has 0 aromatic heterocycles. The van der Waals surface area contributed by atoms with Gasteiger partial charge in [-0.15, -0.1) is 6.42 Å². The zero-order valence-corrected chi connectivity index (χ0v) is 16.3. The van der Waals surface area contributed by atoms with Gasteiger partial charge in [0.25, 0.3) is 0 Å². The number of methoxy groups -OCH3 is 1. The highest BCUT2D eigenvalue weighted by Gasteiger charge is 2.05. The van der Waals surface area contributed by atoms with Crippen LogP contribution in [0.25, 0.3) is 0 Å². The lowest BCUT2D eigenvalue weighted by molar-refractivity contribution is -0.114. The predicted octanol–water partition coefficient (Wildman–Crippen LogP) is 2.41. The summed E-state index contributed by atoms with van der Waals surface area (Å²) in [7, 11) is 1.66. The van der Waals surface area contributed by atoms with Gasteiger partial charge in [-0.3, -0.25) is 4.79 Å². The van der Waals surface area contributed by atoms with Gasteiger partial charge in [0.1, 0.15) is 12.3 Å². The number of carbonyl (C=O) groups is 1. The van der Waals surface area contributed by atoms with E-state index in [1.807, 2.05) is 37.3 Å². The fourth-order valence-electron chi connectivity index (χ4n) is 2.60. The van der Waals surface area contributed by atoms with E-state index < -0.39 is 0 Å². The second-order valence-electron chi connectivity index (χ2n) is 5.96. The zero-order valence-electron chi connectivity index (χ0n) is 16.3. The summed E-state index contributed by atoms with van der Waals surface area (Å²) in [6.45, 7) is 3.34. The van der Waals surface area contributed by atoms with E-state index in [4.69, 9.17) is 11.2 Å². The highest BCUT2D eigenvalue weighted by Crippen LogP contribution is 2.17. The predicted molar refractivity (Wildman–Crippen MR) is 114 cm³/mol. The van der Waals surface area contributed by atoms with Crippen LogP contribution >= 0.6 is 0 Å². The second kappa shape index (κ2) is 11.3. The van der Waals surface area contributed by atoms with E-state index in [1.54, 1.807) is 25.3 Å². The first kappa shape index (κ1) is 20.8. The van der Waals surface area contributed by atoms with Crippen LogP contribution in [-0.4, -0.2) is 38.6 Å². The minimum absolute atomic E-state index is 0.00424. The molecule has 28 heavy (non-hydrogen) atoms. The molecule has 0 unspecified atom stereocenters. The molecule has 0 saturated carbocycles. The lowest BCUT2D eigenvalue weighted by Gasteiger charge is -2.12. The Morgan fingerprint density at radius 2 is 2.00 bits per heavy atom. The molecule has 0 aliphatic carbocycles. The van der Waals surface area contributed by atoms with Crippen LogP contribution in [-0.2, 0) is 11.2 Å². The normalized spacial score (nSPS) is 10.7. The summed E-state index contributed by atoms with van der Waals surface area (Å²) in [5.41, 5.74) is 2.48. The lowest BCUT2D eigenvalue weighted by Crippen LogP contribution is -2.39. The molecule has 0 aliphatic heterocycles. The van der Waals surface area contributed by atoms with Crippen LogP contribution in [0.3, 0.4) is 0 Å². The van der Waals surface area contributed by atoms with Crippen molar-refractivity contribution in [2.75, 3.05) is 32.1 Å². The van der Waals surface area contributed by atoms with Crippen molar-refractivity contribution in [1.82, 2.24) is 10.6 Å². The molecule has 0 atom stereocenters. The van der Waals surface area contributed by atoms with Gasteiger partial charge in [-0.25, -0.2) is 4.99 Å². The molecule has 0 spiro atoms. The van der Waals surface area contributed by atoms with Gasteiger partial charge in [0.05, 0.1) is 7.11 Å². The molecule has 1 amide bonds. The van der Waals surface area contributed by atoms with Crippen molar-refractivity contribution < 1.29 is 9.53 Å². The molecule has 146 valence electrons. The third-order valence-electron chi connectivity index (χ3n) is 3.92. The van der Waals surface area contributed by atoms with Gasteiger partial charge < -0.3 is 20.7 Å². The number of para-hydroxylation sites is 1. The maximum Gasteiger partial charge on any atom is 0.246 e. The number of rotatable bonds is 8. The standard InChI is InChI=1S/C22H26N4O2/c1-4-17-9-8-11-19(15-17)26-21(27)16-25-22(23-5-2)24-14-13-18-10-6-7-12-20(18)28-3/h1,6-12,15H,5,13-14,16H2,2-3H3,(H,26,27)(H2,23,24,25). The van der Waals surface area contributed by atoms with Crippen LogP contribution < -0.4 is 20.7 Å². The molecule has 6 heteroatoms. The number of guanidine groups is 1. The zero-order chi connectivity index (χ0) is 20.2. The second-order valence-corrected chi connectivity index (χ2v) is 5.96. The molecule has 2 aromatic carbocycles. The summed E-state index contributed by atoms with van der Waals surface area (Å²) in [4.78, 5) is 16.5. The van der Waals surface area contributed by atoms with E-state index >= 15 is 0 Å². The summed E-state index contributed by atoms with van der Waals surface area (Å²) in [6, 6.07) is 15.0.